The summed E-state index contributed by atoms with van der Waals surface area (Å²) in [6.07, 6.45) is 0. The minimum atomic E-state index is 0.342. The van der Waals surface area contributed by atoms with E-state index in [9.17, 15) is 5.11 Å². The van der Waals surface area contributed by atoms with E-state index in [1.165, 1.54) is 11.1 Å². The fourth-order valence-electron chi connectivity index (χ4n) is 1.79. The van der Waals surface area contributed by atoms with Crippen LogP contribution in [0.2, 0.25) is 0 Å². The van der Waals surface area contributed by atoms with Crippen molar-refractivity contribution in [1.29, 1.82) is 0 Å². The fourth-order valence-corrected chi connectivity index (χ4v) is 1.79. The Morgan fingerprint density at radius 3 is 2.25 bits per heavy atom. The van der Waals surface area contributed by atoms with Crippen LogP contribution in [0.4, 0.5) is 0 Å². The lowest BCUT2D eigenvalue weighted by molar-refractivity contribution is 0.477. The van der Waals surface area contributed by atoms with Crippen molar-refractivity contribution in [1.82, 2.24) is 0 Å². The normalized spacial score (nSPS) is 10.4. The van der Waals surface area contributed by atoms with Crippen molar-refractivity contribution >= 4 is 0 Å². The predicted molar refractivity (Wildman–Crippen MR) is 67.8 cm³/mol. The average Bonchev–Trinajstić information content (AvgIpc) is 2.26. The molecule has 0 aliphatic heterocycles. The molecule has 0 amide bonds. The highest BCUT2D eigenvalue weighted by Gasteiger charge is 2.05. The quantitative estimate of drug-likeness (QED) is 0.758. The van der Waals surface area contributed by atoms with Gasteiger partial charge in [-0.3, -0.25) is 0 Å². The van der Waals surface area contributed by atoms with Crippen LogP contribution in [-0.2, 0) is 0 Å². The minimum absolute atomic E-state index is 0.342. The van der Waals surface area contributed by atoms with Gasteiger partial charge in [-0.2, -0.15) is 0 Å². The maximum Gasteiger partial charge on any atom is 0.123 e. The largest absolute Gasteiger partial charge is 0.507 e. The molecule has 0 unspecified atom stereocenters. The van der Waals surface area contributed by atoms with Crippen molar-refractivity contribution in [3.05, 3.63) is 53.1 Å². The first kappa shape index (κ1) is 10.7. The molecule has 2 rings (SSSR count). The van der Waals surface area contributed by atoms with Crippen LogP contribution in [0.5, 0.6) is 5.75 Å². The first-order chi connectivity index (χ1) is 7.58. The van der Waals surface area contributed by atoms with E-state index < -0.39 is 0 Å². The zero-order valence-electron chi connectivity index (χ0n) is 9.91. The Morgan fingerprint density at radius 2 is 1.56 bits per heavy atom. The van der Waals surface area contributed by atoms with Gasteiger partial charge in [-0.1, -0.05) is 29.8 Å². The Balaban J connectivity index is 2.58. The van der Waals surface area contributed by atoms with Gasteiger partial charge in [0.15, 0.2) is 0 Å². The second-order valence-electron chi connectivity index (χ2n) is 4.32. The lowest BCUT2D eigenvalue weighted by atomic mass is 9.98. The summed E-state index contributed by atoms with van der Waals surface area (Å²) < 4.78 is 0. The average molecular weight is 212 g/mol. The summed E-state index contributed by atoms with van der Waals surface area (Å²) in [5.41, 5.74) is 5.66. The SMILES string of the molecule is Cc1ccc(O)c(-c2ccc(C)c(C)c2)c1. The van der Waals surface area contributed by atoms with Gasteiger partial charge in [0, 0.05) is 5.56 Å². The predicted octanol–water partition coefficient (Wildman–Crippen LogP) is 3.98. The molecule has 0 bridgehead atoms. The van der Waals surface area contributed by atoms with Gasteiger partial charge in [0.25, 0.3) is 0 Å². The number of hydrogen-bond acceptors (Lipinski definition) is 1. The Hall–Kier alpha value is -1.76. The number of rotatable bonds is 1. The molecule has 16 heavy (non-hydrogen) atoms. The molecule has 1 nitrogen and oxygen atoms in total. The standard InChI is InChI=1S/C15H16O/c1-10-4-7-15(16)14(8-10)13-6-5-11(2)12(3)9-13/h4-9,16H,1-3H3. The Kier molecular flexibility index (Phi) is 2.69. The molecule has 0 saturated heterocycles. The van der Waals surface area contributed by atoms with Crippen LogP contribution in [0.15, 0.2) is 36.4 Å². The number of phenols is 1. The number of phenolic OH excluding ortho intramolecular Hbond substituents is 1. The van der Waals surface area contributed by atoms with E-state index in [2.05, 4.69) is 32.0 Å². The summed E-state index contributed by atoms with van der Waals surface area (Å²) in [6, 6.07) is 11.9. The third-order valence-electron chi connectivity index (χ3n) is 2.97. The molecule has 0 aliphatic rings. The molecule has 0 heterocycles. The van der Waals surface area contributed by atoms with Crippen molar-refractivity contribution in [2.75, 3.05) is 0 Å². The van der Waals surface area contributed by atoms with E-state index in [4.69, 9.17) is 0 Å². The van der Waals surface area contributed by atoms with Crippen LogP contribution in [0, 0.1) is 20.8 Å². The van der Waals surface area contributed by atoms with Crippen molar-refractivity contribution in [2.24, 2.45) is 0 Å². The van der Waals surface area contributed by atoms with E-state index in [0.29, 0.717) is 5.75 Å². The summed E-state index contributed by atoms with van der Waals surface area (Å²) >= 11 is 0. The summed E-state index contributed by atoms with van der Waals surface area (Å²) in [7, 11) is 0. The lowest BCUT2D eigenvalue weighted by Gasteiger charge is -2.08. The van der Waals surface area contributed by atoms with Crippen molar-refractivity contribution < 1.29 is 5.11 Å². The van der Waals surface area contributed by atoms with Gasteiger partial charge in [0.1, 0.15) is 5.75 Å². The number of aryl methyl sites for hydroxylation is 3. The Labute approximate surface area is 96.4 Å². The van der Waals surface area contributed by atoms with Gasteiger partial charge in [-0.15, -0.1) is 0 Å². The van der Waals surface area contributed by atoms with Crippen LogP contribution < -0.4 is 0 Å². The van der Waals surface area contributed by atoms with Gasteiger partial charge < -0.3 is 5.11 Å². The Morgan fingerprint density at radius 1 is 0.812 bits per heavy atom. The fraction of sp³-hybridized carbons (Fsp3) is 0.200. The molecule has 0 radical (unpaired) electrons. The maximum absolute atomic E-state index is 9.85. The van der Waals surface area contributed by atoms with E-state index in [1.807, 2.05) is 19.1 Å². The van der Waals surface area contributed by atoms with Crippen LogP contribution in [0.3, 0.4) is 0 Å². The maximum atomic E-state index is 9.85. The summed E-state index contributed by atoms with van der Waals surface area (Å²) in [5.74, 6) is 0.342. The molecule has 0 atom stereocenters. The molecule has 1 heteroatoms. The highest BCUT2D eigenvalue weighted by atomic mass is 16.3. The summed E-state index contributed by atoms with van der Waals surface area (Å²) in [5, 5.41) is 9.85. The third-order valence-corrected chi connectivity index (χ3v) is 2.97. The molecule has 1 N–H and O–H groups in total. The molecule has 0 fully saturated rings. The van der Waals surface area contributed by atoms with Crippen molar-refractivity contribution in [2.45, 2.75) is 20.8 Å². The lowest BCUT2D eigenvalue weighted by Crippen LogP contribution is -1.85. The highest BCUT2D eigenvalue weighted by Crippen LogP contribution is 2.30. The van der Waals surface area contributed by atoms with Gasteiger partial charge in [-0.25, -0.2) is 0 Å². The van der Waals surface area contributed by atoms with E-state index in [-0.39, 0.29) is 0 Å². The molecule has 0 aliphatic carbocycles. The smallest absolute Gasteiger partial charge is 0.123 e. The molecule has 0 aromatic heterocycles. The van der Waals surface area contributed by atoms with Crippen molar-refractivity contribution in [3.8, 4) is 16.9 Å². The van der Waals surface area contributed by atoms with Crippen molar-refractivity contribution in [3.63, 3.8) is 0 Å². The van der Waals surface area contributed by atoms with Gasteiger partial charge in [-0.05, 0) is 49.6 Å². The Bertz CT molecular complexity index is 527. The molecule has 0 saturated carbocycles. The van der Waals surface area contributed by atoms with Crippen LogP contribution >= 0.6 is 0 Å². The third kappa shape index (κ3) is 1.94. The van der Waals surface area contributed by atoms with Crippen LogP contribution in [-0.4, -0.2) is 5.11 Å². The second kappa shape index (κ2) is 4.01. The van der Waals surface area contributed by atoms with E-state index >= 15 is 0 Å². The van der Waals surface area contributed by atoms with Gasteiger partial charge in [0.05, 0.1) is 0 Å². The molecule has 2 aromatic rings. The van der Waals surface area contributed by atoms with Crippen LogP contribution in [0.25, 0.3) is 11.1 Å². The second-order valence-corrected chi connectivity index (χ2v) is 4.32. The highest BCUT2D eigenvalue weighted by molar-refractivity contribution is 5.71. The first-order valence-corrected chi connectivity index (χ1v) is 5.45. The van der Waals surface area contributed by atoms with E-state index in [1.54, 1.807) is 6.07 Å². The number of hydrogen-bond donors (Lipinski definition) is 1. The summed E-state index contributed by atoms with van der Waals surface area (Å²) in [6.45, 7) is 6.21. The van der Waals surface area contributed by atoms with Crippen LogP contribution in [0.1, 0.15) is 16.7 Å². The number of benzene rings is 2. The molecule has 2 aromatic carbocycles. The molecular weight excluding hydrogens is 196 g/mol. The summed E-state index contributed by atoms with van der Waals surface area (Å²) in [4.78, 5) is 0. The molecule has 82 valence electrons. The monoisotopic (exact) mass is 212 g/mol. The first-order valence-electron chi connectivity index (χ1n) is 5.45. The van der Waals surface area contributed by atoms with Gasteiger partial charge >= 0.3 is 0 Å². The topological polar surface area (TPSA) is 20.2 Å². The zero-order chi connectivity index (χ0) is 11.7. The number of aromatic hydroxyl groups is 1. The molecule has 0 spiro atoms. The molecular formula is C15H16O. The van der Waals surface area contributed by atoms with E-state index in [0.717, 1.165) is 16.7 Å². The zero-order valence-corrected chi connectivity index (χ0v) is 9.91. The van der Waals surface area contributed by atoms with Gasteiger partial charge in [0.2, 0.25) is 0 Å². The minimum Gasteiger partial charge on any atom is -0.507 e.